The van der Waals surface area contributed by atoms with Gasteiger partial charge in [-0.15, -0.1) is 0 Å². The van der Waals surface area contributed by atoms with Gasteiger partial charge in [0.05, 0.1) is 11.4 Å². The molecule has 0 amide bonds. The molecule has 152 valence electrons. The van der Waals surface area contributed by atoms with Crippen LogP contribution in [-0.4, -0.2) is 21.8 Å². The maximum Gasteiger partial charge on any atom is 0.189 e. The Morgan fingerprint density at radius 1 is 0.900 bits per heavy atom. The number of aryl methyl sites for hydroxylation is 1. The van der Waals surface area contributed by atoms with Crippen molar-refractivity contribution in [2.45, 2.75) is 6.92 Å². The number of amidine groups is 1. The molecule has 0 spiro atoms. The number of Topliss-reactive ketones (excluding diaryl/α,β-unsaturated/α-hetero) is 1. The number of hydrazine groups is 1. The molecule has 0 radical (unpaired) electrons. The van der Waals surface area contributed by atoms with Crippen LogP contribution in [-0.2, 0) is 0 Å². The van der Waals surface area contributed by atoms with Gasteiger partial charge in [0, 0.05) is 11.3 Å². The third-order valence-corrected chi connectivity index (χ3v) is 5.09. The molecule has 3 aromatic rings. The maximum atomic E-state index is 12.4. The fourth-order valence-corrected chi connectivity index (χ4v) is 3.36. The van der Waals surface area contributed by atoms with E-state index >= 15 is 0 Å². The van der Waals surface area contributed by atoms with Crippen LogP contribution in [0.25, 0.3) is 0 Å². The second-order valence-corrected chi connectivity index (χ2v) is 7.77. The molecule has 5 nitrogen and oxygen atoms in total. The predicted octanol–water partition coefficient (Wildman–Crippen LogP) is 5.09. The third-order valence-electron chi connectivity index (χ3n) is 4.01. The van der Waals surface area contributed by atoms with E-state index in [1.165, 1.54) is 17.3 Å². The minimum atomic E-state index is 0.0310. The van der Waals surface area contributed by atoms with Gasteiger partial charge in [-0.2, -0.15) is 0 Å². The van der Waals surface area contributed by atoms with E-state index in [2.05, 4.69) is 21.2 Å². The Bertz CT molecular complexity index is 1010. The summed E-state index contributed by atoms with van der Waals surface area (Å²) in [5.41, 5.74) is 9.46. The van der Waals surface area contributed by atoms with E-state index in [-0.39, 0.29) is 11.5 Å². The molecule has 0 saturated carbocycles. The first-order chi connectivity index (χ1) is 14.6. The number of rotatable bonds is 5. The van der Waals surface area contributed by atoms with E-state index in [0.29, 0.717) is 15.8 Å². The lowest BCUT2D eigenvalue weighted by atomic mass is 10.2. The first-order valence-corrected chi connectivity index (χ1v) is 10.7. The zero-order valence-corrected chi connectivity index (χ0v) is 18.1. The highest BCUT2D eigenvalue weighted by atomic mass is 32.2. The molecule has 0 aliphatic rings. The number of anilines is 1. The maximum absolute atomic E-state index is 12.4. The molecule has 0 aliphatic carbocycles. The topological polar surface area (TPSA) is 65.5 Å². The summed E-state index contributed by atoms with van der Waals surface area (Å²) < 4.78 is 0. The molecule has 0 unspecified atom stereocenters. The molecule has 7 heteroatoms. The molecule has 3 rings (SSSR count). The fraction of sp³-hybridized carbons (Fsp3) is 0.0870. The minimum absolute atomic E-state index is 0.0310. The van der Waals surface area contributed by atoms with Crippen molar-refractivity contribution in [2.24, 2.45) is 4.99 Å². The Morgan fingerprint density at radius 2 is 1.53 bits per heavy atom. The summed E-state index contributed by atoms with van der Waals surface area (Å²) >= 11 is 6.66. The smallest absolute Gasteiger partial charge is 0.189 e. The molecular weight excluding hydrogens is 412 g/mol. The number of carbonyl (C=O) groups is 1. The number of nitrogens with one attached hydrogen (secondary N) is 3. The number of aliphatic imine (C=N–C) groups is 1. The Balaban J connectivity index is 1.62. The third kappa shape index (κ3) is 7.02. The van der Waals surface area contributed by atoms with E-state index in [1.54, 1.807) is 0 Å². The Hall–Kier alpha value is -3.16. The lowest BCUT2D eigenvalue weighted by molar-refractivity contribution is 0.102. The first-order valence-electron chi connectivity index (χ1n) is 9.34. The van der Waals surface area contributed by atoms with Crippen molar-refractivity contribution in [1.82, 2.24) is 10.9 Å². The molecule has 3 aromatic carbocycles. The molecule has 30 heavy (non-hydrogen) atoms. The molecule has 0 aliphatic heterocycles. The van der Waals surface area contributed by atoms with Crippen LogP contribution < -0.4 is 16.2 Å². The predicted molar refractivity (Wildman–Crippen MR) is 130 cm³/mol. The molecule has 0 atom stereocenters. The number of ketones is 1. The van der Waals surface area contributed by atoms with Crippen molar-refractivity contribution in [3.05, 3.63) is 96.1 Å². The van der Waals surface area contributed by atoms with E-state index in [1.807, 2.05) is 91.9 Å². The van der Waals surface area contributed by atoms with Gasteiger partial charge in [-0.25, -0.2) is 4.99 Å². The van der Waals surface area contributed by atoms with Crippen LogP contribution in [0, 0.1) is 6.92 Å². The Labute approximate surface area is 186 Å². The van der Waals surface area contributed by atoms with Gasteiger partial charge in [-0.05, 0) is 43.4 Å². The van der Waals surface area contributed by atoms with Crippen molar-refractivity contribution >= 4 is 51.4 Å². The van der Waals surface area contributed by atoms with E-state index in [0.717, 1.165) is 11.4 Å². The monoisotopic (exact) mass is 434 g/mol. The van der Waals surface area contributed by atoms with Gasteiger partial charge in [-0.1, -0.05) is 78.0 Å². The summed E-state index contributed by atoms with van der Waals surface area (Å²) in [6.45, 7) is 2.03. The van der Waals surface area contributed by atoms with Crippen LogP contribution in [0.15, 0.2) is 89.9 Å². The van der Waals surface area contributed by atoms with Gasteiger partial charge in [0.15, 0.2) is 16.1 Å². The number of para-hydroxylation sites is 1. The number of carbonyl (C=O) groups excluding carboxylic acids is 1. The quantitative estimate of drug-likeness (QED) is 0.171. The van der Waals surface area contributed by atoms with Crippen LogP contribution in [0.4, 0.5) is 11.4 Å². The van der Waals surface area contributed by atoms with Gasteiger partial charge in [0.2, 0.25) is 0 Å². The van der Waals surface area contributed by atoms with Gasteiger partial charge >= 0.3 is 0 Å². The van der Waals surface area contributed by atoms with Gasteiger partial charge in [0.1, 0.15) is 0 Å². The SMILES string of the molecule is Cc1ccc(NC(=S)NNC(=Nc2ccccc2)SCC(=O)c2ccccc2)cc1. The summed E-state index contributed by atoms with van der Waals surface area (Å²) in [6, 6.07) is 26.7. The van der Waals surface area contributed by atoms with Gasteiger partial charge < -0.3 is 5.32 Å². The summed E-state index contributed by atoms with van der Waals surface area (Å²) in [4.78, 5) is 17.0. The fourth-order valence-electron chi connectivity index (χ4n) is 2.47. The van der Waals surface area contributed by atoms with Crippen LogP contribution in [0.2, 0.25) is 0 Å². The second-order valence-electron chi connectivity index (χ2n) is 6.40. The van der Waals surface area contributed by atoms with E-state index in [9.17, 15) is 4.79 Å². The summed E-state index contributed by atoms with van der Waals surface area (Å²) in [6.07, 6.45) is 0. The van der Waals surface area contributed by atoms with Gasteiger partial charge in [0.25, 0.3) is 0 Å². The largest absolute Gasteiger partial charge is 0.331 e. The zero-order valence-electron chi connectivity index (χ0n) is 16.5. The van der Waals surface area contributed by atoms with Crippen LogP contribution in [0.3, 0.4) is 0 Å². The lowest BCUT2D eigenvalue weighted by Crippen LogP contribution is -2.43. The number of thioether (sulfide) groups is 1. The van der Waals surface area contributed by atoms with Crippen molar-refractivity contribution in [3.8, 4) is 0 Å². The Morgan fingerprint density at radius 3 is 2.20 bits per heavy atom. The molecule has 0 heterocycles. The average molecular weight is 435 g/mol. The van der Waals surface area contributed by atoms with Crippen molar-refractivity contribution in [1.29, 1.82) is 0 Å². The normalized spacial score (nSPS) is 10.9. The first kappa shape index (κ1) is 21.5. The standard InChI is InChI=1S/C23H22N4OS2/c1-17-12-14-20(15-13-17)24-22(29)26-27-23(25-19-10-6-3-7-11-19)30-16-21(28)18-8-4-2-5-9-18/h2-15H,16H2,1H3,(H,25,27)(H2,24,26,29). The number of hydrogen-bond donors (Lipinski definition) is 3. The van der Waals surface area contributed by atoms with Crippen molar-refractivity contribution in [2.75, 3.05) is 11.1 Å². The zero-order chi connectivity index (χ0) is 21.2. The summed E-state index contributed by atoms with van der Waals surface area (Å²) in [5.74, 6) is 0.284. The van der Waals surface area contributed by atoms with Crippen LogP contribution in [0.1, 0.15) is 15.9 Å². The van der Waals surface area contributed by atoms with Gasteiger partial charge in [-0.3, -0.25) is 15.6 Å². The number of thiocarbonyl (C=S) groups is 1. The lowest BCUT2D eigenvalue weighted by Gasteiger charge is -2.14. The molecule has 0 fully saturated rings. The number of nitrogens with zero attached hydrogens (tertiary/aromatic N) is 1. The van der Waals surface area contributed by atoms with Crippen molar-refractivity contribution in [3.63, 3.8) is 0 Å². The van der Waals surface area contributed by atoms with Crippen LogP contribution in [0.5, 0.6) is 0 Å². The molecule has 3 N–H and O–H groups in total. The van der Waals surface area contributed by atoms with Crippen molar-refractivity contribution < 1.29 is 4.79 Å². The van der Waals surface area contributed by atoms with Crippen LogP contribution >= 0.6 is 24.0 Å². The summed E-state index contributed by atoms with van der Waals surface area (Å²) in [7, 11) is 0. The molecule has 0 saturated heterocycles. The number of benzene rings is 3. The molecule has 0 bridgehead atoms. The van der Waals surface area contributed by atoms with E-state index in [4.69, 9.17) is 12.2 Å². The second kappa shape index (κ2) is 11.1. The molecule has 0 aromatic heterocycles. The highest BCUT2D eigenvalue weighted by Gasteiger charge is 2.09. The highest BCUT2D eigenvalue weighted by Crippen LogP contribution is 2.15. The summed E-state index contributed by atoms with van der Waals surface area (Å²) in [5, 5.41) is 4.04. The highest BCUT2D eigenvalue weighted by molar-refractivity contribution is 8.14. The molecular formula is C23H22N4OS2. The number of hydrogen-bond acceptors (Lipinski definition) is 4. The Kier molecular flexibility index (Phi) is 8.00. The minimum Gasteiger partial charge on any atom is -0.331 e. The average Bonchev–Trinajstić information content (AvgIpc) is 2.78. The van der Waals surface area contributed by atoms with E-state index < -0.39 is 0 Å².